The van der Waals surface area contributed by atoms with Crippen molar-refractivity contribution in [2.24, 2.45) is 0 Å². The molecule has 0 amide bonds. The largest absolute Gasteiger partial charge is 0.385 e. The Morgan fingerprint density at radius 3 is 2.27 bits per heavy atom. The average molecular weight is 324 g/mol. The summed E-state index contributed by atoms with van der Waals surface area (Å²) in [7, 11) is -3.06. The van der Waals surface area contributed by atoms with E-state index in [-0.39, 0.29) is 12.8 Å². The lowest BCUT2D eigenvalue weighted by atomic mass is 9.83. The maximum absolute atomic E-state index is 12.3. The third-order valence-corrected chi connectivity index (χ3v) is 7.87. The molecule has 22 heavy (non-hydrogen) atoms. The maximum Gasteiger partial charge on any atom is 0.184 e. The van der Waals surface area contributed by atoms with Gasteiger partial charge < -0.3 is 14.6 Å². The van der Waals surface area contributed by atoms with Crippen LogP contribution in [0.25, 0.3) is 0 Å². The van der Waals surface area contributed by atoms with Gasteiger partial charge in [-0.2, -0.15) is 0 Å². The second-order valence-electron chi connectivity index (χ2n) is 6.51. The molecule has 1 N–H and O–H groups in total. The van der Waals surface area contributed by atoms with Gasteiger partial charge in [-0.05, 0) is 31.2 Å². The molecule has 0 aromatic heterocycles. The molecular formula is C16H20O5S. The topological polar surface area (TPSA) is 72.8 Å². The molecule has 4 rings (SSSR count). The molecule has 3 fully saturated rings. The highest BCUT2D eigenvalue weighted by Crippen LogP contribution is 2.49. The Balaban J connectivity index is 1.73. The van der Waals surface area contributed by atoms with Gasteiger partial charge in [-0.3, -0.25) is 0 Å². The second-order valence-corrected chi connectivity index (χ2v) is 9.02. The van der Waals surface area contributed by atoms with E-state index in [1.165, 1.54) is 0 Å². The number of aliphatic hydroxyl groups is 1. The predicted molar refractivity (Wildman–Crippen MR) is 79.9 cm³/mol. The molecule has 5 nitrogen and oxygen atoms in total. The summed E-state index contributed by atoms with van der Waals surface area (Å²) in [6.45, 7) is 1.08. The molecule has 1 aromatic rings. The van der Waals surface area contributed by atoms with Crippen molar-refractivity contribution in [1.82, 2.24) is 0 Å². The van der Waals surface area contributed by atoms with E-state index in [0.717, 1.165) is 11.1 Å². The van der Waals surface area contributed by atoms with Gasteiger partial charge in [-0.1, -0.05) is 24.3 Å². The number of rotatable bonds is 2. The number of ether oxygens (including phenoxy) is 2. The molecule has 0 radical (unpaired) electrons. The van der Waals surface area contributed by atoms with E-state index in [4.69, 9.17) is 9.47 Å². The minimum Gasteiger partial charge on any atom is -0.385 e. The summed E-state index contributed by atoms with van der Waals surface area (Å²) < 4.78 is 35.7. The zero-order chi connectivity index (χ0) is 15.4. The summed E-state index contributed by atoms with van der Waals surface area (Å²) >= 11 is 0. The number of hydrogen-bond acceptors (Lipinski definition) is 5. The van der Waals surface area contributed by atoms with E-state index in [1.807, 2.05) is 24.3 Å². The molecule has 2 unspecified atom stereocenters. The molecule has 0 spiro atoms. The number of sulfone groups is 1. The van der Waals surface area contributed by atoms with E-state index in [0.29, 0.717) is 26.1 Å². The Bertz CT molecular complexity index is 658. The van der Waals surface area contributed by atoms with E-state index in [2.05, 4.69) is 0 Å². The first-order valence-electron chi connectivity index (χ1n) is 7.78. The van der Waals surface area contributed by atoms with Gasteiger partial charge in [0.1, 0.15) is 0 Å². The molecule has 3 aliphatic heterocycles. The van der Waals surface area contributed by atoms with Crippen LogP contribution in [0.2, 0.25) is 0 Å². The van der Waals surface area contributed by atoms with Gasteiger partial charge in [0.2, 0.25) is 0 Å². The third-order valence-electron chi connectivity index (χ3n) is 5.21. The highest BCUT2D eigenvalue weighted by molar-refractivity contribution is 7.93. The van der Waals surface area contributed by atoms with Crippen molar-refractivity contribution in [3.05, 3.63) is 35.4 Å². The van der Waals surface area contributed by atoms with Crippen LogP contribution in [0.15, 0.2) is 24.3 Å². The van der Waals surface area contributed by atoms with Crippen molar-refractivity contribution in [2.75, 3.05) is 13.2 Å². The quantitative estimate of drug-likeness (QED) is 0.896. The highest BCUT2D eigenvalue weighted by Gasteiger charge is 2.53. The fourth-order valence-electron chi connectivity index (χ4n) is 4.13. The SMILES string of the molecule is O=S1(=O)C2CCC1CC(O)(c1ccccc1C1OCCO1)C2. The second kappa shape index (κ2) is 5.03. The molecule has 6 heteroatoms. The summed E-state index contributed by atoms with van der Waals surface area (Å²) in [5, 5.41) is 10.4. The first-order chi connectivity index (χ1) is 10.5. The average Bonchev–Trinajstić information content (AvgIpc) is 3.06. The van der Waals surface area contributed by atoms with Crippen molar-refractivity contribution >= 4 is 9.84 Å². The maximum atomic E-state index is 12.3. The van der Waals surface area contributed by atoms with Crippen molar-refractivity contribution in [2.45, 2.75) is 48.1 Å². The van der Waals surface area contributed by atoms with Crippen LogP contribution in [0.4, 0.5) is 0 Å². The Morgan fingerprint density at radius 2 is 1.64 bits per heavy atom. The predicted octanol–water partition coefficient (Wildman–Crippen LogP) is 1.66. The Labute approximate surface area is 130 Å². The van der Waals surface area contributed by atoms with Crippen LogP contribution in [-0.4, -0.2) is 37.2 Å². The van der Waals surface area contributed by atoms with Crippen molar-refractivity contribution < 1.29 is 23.0 Å². The molecule has 3 heterocycles. The van der Waals surface area contributed by atoms with Crippen LogP contribution in [0.5, 0.6) is 0 Å². The molecule has 0 aliphatic carbocycles. The fourth-order valence-corrected chi connectivity index (χ4v) is 6.62. The van der Waals surface area contributed by atoms with Gasteiger partial charge in [-0.15, -0.1) is 0 Å². The van der Waals surface area contributed by atoms with Crippen molar-refractivity contribution in [1.29, 1.82) is 0 Å². The van der Waals surface area contributed by atoms with Gasteiger partial charge in [0.05, 0.1) is 29.3 Å². The number of fused-ring (bicyclic) bond motifs is 2. The first kappa shape index (κ1) is 14.6. The zero-order valence-electron chi connectivity index (χ0n) is 12.3. The third kappa shape index (κ3) is 2.12. The minimum atomic E-state index is -3.06. The summed E-state index contributed by atoms with van der Waals surface area (Å²) in [4.78, 5) is 0. The van der Waals surface area contributed by atoms with Gasteiger partial charge >= 0.3 is 0 Å². The van der Waals surface area contributed by atoms with Crippen LogP contribution in [0.3, 0.4) is 0 Å². The van der Waals surface area contributed by atoms with Gasteiger partial charge in [0.15, 0.2) is 16.1 Å². The van der Waals surface area contributed by atoms with Crippen molar-refractivity contribution in [3.8, 4) is 0 Å². The van der Waals surface area contributed by atoms with E-state index < -0.39 is 32.2 Å². The molecule has 0 saturated carbocycles. The normalized spacial score (nSPS) is 37.5. The number of hydrogen-bond donors (Lipinski definition) is 1. The van der Waals surface area contributed by atoms with Crippen LogP contribution < -0.4 is 0 Å². The number of benzene rings is 1. The Kier molecular flexibility index (Phi) is 3.34. The summed E-state index contributed by atoms with van der Waals surface area (Å²) in [5.74, 6) is 0. The van der Waals surface area contributed by atoms with Crippen LogP contribution in [-0.2, 0) is 24.9 Å². The van der Waals surface area contributed by atoms with E-state index in [1.54, 1.807) is 0 Å². The monoisotopic (exact) mass is 324 g/mol. The van der Waals surface area contributed by atoms with E-state index >= 15 is 0 Å². The minimum absolute atomic E-state index is 0.273. The lowest BCUT2D eigenvalue weighted by Crippen LogP contribution is -2.43. The molecule has 3 saturated heterocycles. The molecular weight excluding hydrogens is 304 g/mol. The smallest absolute Gasteiger partial charge is 0.184 e. The standard InChI is InChI=1S/C16H20O5S/c17-16(9-11-5-6-12(10-16)22(11,18)19)14-4-2-1-3-13(14)15-20-7-8-21-15/h1-4,11-12,15,17H,5-10H2. The Morgan fingerprint density at radius 1 is 1.05 bits per heavy atom. The molecule has 2 atom stereocenters. The lowest BCUT2D eigenvalue weighted by molar-refractivity contribution is -0.0510. The van der Waals surface area contributed by atoms with E-state index in [9.17, 15) is 13.5 Å². The molecule has 1 aromatic carbocycles. The van der Waals surface area contributed by atoms with Gasteiger partial charge in [0, 0.05) is 5.56 Å². The summed E-state index contributed by atoms with van der Waals surface area (Å²) in [6.07, 6.45) is 1.41. The van der Waals surface area contributed by atoms with Gasteiger partial charge in [-0.25, -0.2) is 8.42 Å². The molecule has 2 bridgehead atoms. The first-order valence-corrected chi connectivity index (χ1v) is 9.39. The lowest BCUT2D eigenvalue weighted by Gasteiger charge is -2.38. The summed E-state index contributed by atoms with van der Waals surface area (Å²) in [6, 6.07) is 7.53. The Hall–Kier alpha value is -0.950. The van der Waals surface area contributed by atoms with Crippen molar-refractivity contribution in [3.63, 3.8) is 0 Å². The van der Waals surface area contributed by atoms with Crippen LogP contribution >= 0.6 is 0 Å². The van der Waals surface area contributed by atoms with Crippen LogP contribution in [0, 0.1) is 0 Å². The molecule has 3 aliphatic rings. The fraction of sp³-hybridized carbons (Fsp3) is 0.625. The zero-order valence-corrected chi connectivity index (χ0v) is 13.1. The summed E-state index contributed by atoms with van der Waals surface area (Å²) in [5.41, 5.74) is 0.471. The molecule has 120 valence electrons. The highest BCUT2D eigenvalue weighted by atomic mass is 32.2. The van der Waals surface area contributed by atoms with Crippen LogP contribution in [0.1, 0.15) is 43.1 Å². The van der Waals surface area contributed by atoms with Gasteiger partial charge in [0.25, 0.3) is 0 Å².